The highest BCUT2D eigenvalue weighted by Gasteiger charge is 1.99. The van der Waals surface area contributed by atoms with E-state index in [-0.39, 0.29) is 0 Å². The summed E-state index contributed by atoms with van der Waals surface area (Å²) in [6.07, 6.45) is 5.62. The second kappa shape index (κ2) is 8.23. The van der Waals surface area contributed by atoms with Gasteiger partial charge in [0.25, 0.3) is 0 Å². The van der Waals surface area contributed by atoms with Crippen LogP contribution in [0.3, 0.4) is 0 Å². The summed E-state index contributed by atoms with van der Waals surface area (Å²) < 4.78 is 5.57. The van der Waals surface area contributed by atoms with Crippen molar-refractivity contribution in [2.45, 2.75) is 19.4 Å². The zero-order valence-corrected chi connectivity index (χ0v) is 12.4. The average molecular weight is 278 g/mol. The topological polar surface area (TPSA) is 9.23 Å². The molecule has 0 amide bonds. The Morgan fingerprint density at radius 2 is 1.33 bits per heavy atom. The fourth-order valence-corrected chi connectivity index (χ4v) is 2.15. The van der Waals surface area contributed by atoms with Crippen LogP contribution in [0.4, 0.5) is 0 Å². The highest BCUT2D eigenvalue weighted by atomic mass is 16.5. The Bertz CT molecular complexity index is 564. The summed E-state index contributed by atoms with van der Waals surface area (Å²) >= 11 is 0. The molecule has 108 valence electrons. The van der Waals surface area contributed by atoms with E-state index in [2.05, 4.69) is 61.7 Å². The Kier molecular flexibility index (Phi) is 5.99. The molecular formula is C20H22O. The van der Waals surface area contributed by atoms with Crippen molar-refractivity contribution in [3.05, 3.63) is 85.0 Å². The highest BCUT2D eigenvalue weighted by Crippen LogP contribution is 2.21. The molecular weight excluding hydrogens is 256 g/mol. The molecule has 1 nitrogen and oxygen atoms in total. The van der Waals surface area contributed by atoms with Gasteiger partial charge in [-0.25, -0.2) is 0 Å². The lowest BCUT2D eigenvalue weighted by Crippen LogP contribution is -1.94. The van der Waals surface area contributed by atoms with Crippen LogP contribution in [0, 0.1) is 0 Å². The normalized spacial score (nSPS) is 10.3. The first-order chi connectivity index (χ1) is 10.3. The number of ether oxygens (including phenoxy) is 1. The van der Waals surface area contributed by atoms with Crippen molar-refractivity contribution < 1.29 is 4.74 Å². The summed E-state index contributed by atoms with van der Waals surface area (Å²) in [6.45, 7) is 8.84. The minimum absolute atomic E-state index is 0.659. The van der Waals surface area contributed by atoms with Gasteiger partial charge in [-0.15, -0.1) is 13.2 Å². The molecule has 0 unspecified atom stereocenters. The molecule has 2 aromatic rings. The van der Waals surface area contributed by atoms with Crippen molar-refractivity contribution in [2.75, 3.05) is 6.61 Å². The van der Waals surface area contributed by atoms with E-state index in [1.54, 1.807) is 0 Å². The predicted molar refractivity (Wildman–Crippen MR) is 90.2 cm³/mol. The fourth-order valence-electron chi connectivity index (χ4n) is 2.15. The number of allylic oxidation sites excluding steroid dienone is 1. The monoisotopic (exact) mass is 278 g/mol. The first kappa shape index (κ1) is 15.3. The van der Waals surface area contributed by atoms with E-state index in [1.807, 2.05) is 12.2 Å². The first-order valence-electron chi connectivity index (χ1n) is 7.31. The van der Waals surface area contributed by atoms with E-state index in [1.165, 1.54) is 22.3 Å². The van der Waals surface area contributed by atoms with Crippen LogP contribution in [0.5, 0.6) is 0 Å². The van der Waals surface area contributed by atoms with Crippen LogP contribution in [-0.2, 0) is 17.8 Å². The Morgan fingerprint density at radius 3 is 1.86 bits per heavy atom. The van der Waals surface area contributed by atoms with Gasteiger partial charge in [-0.3, -0.25) is 0 Å². The molecule has 0 heterocycles. The molecule has 0 radical (unpaired) electrons. The third-order valence-corrected chi connectivity index (χ3v) is 3.36. The molecule has 0 saturated heterocycles. The quantitative estimate of drug-likeness (QED) is 0.478. The van der Waals surface area contributed by atoms with Gasteiger partial charge in [-0.2, -0.15) is 0 Å². The number of hydrogen-bond donors (Lipinski definition) is 0. The maximum atomic E-state index is 5.57. The Labute approximate surface area is 127 Å². The second-order valence-electron chi connectivity index (χ2n) is 5.02. The van der Waals surface area contributed by atoms with E-state index < -0.39 is 0 Å². The van der Waals surface area contributed by atoms with Crippen LogP contribution in [0.15, 0.2) is 73.8 Å². The molecule has 2 rings (SSSR count). The van der Waals surface area contributed by atoms with Crippen molar-refractivity contribution >= 4 is 0 Å². The molecule has 21 heavy (non-hydrogen) atoms. The Balaban J connectivity index is 1.97. The number of benzene rings is 2. The van der Waals surface area contributed by atoms with Crippen LogP contribution >= 0.6 is 0 Å². The first-order valence-corrected chi connectivity index (χ1v) is 7.31. The lowest BCUT2D eigenvalue weighted by Gasteiger charge is -2.06. The van der Waals surface area contributed by atoms with E-state index in [4.69, 9.17) is 4.74 Å². The molecule has 0 N–H and O–H groups in total. The SMILES string of the molecule is C=CCCOCc1ccc(-c2ccc(CC=C)cc2)cc1. The molecule has 0 aliphatic rings. The van der Waals surface area contributed by atoms with Gasteiger partial charge in [0.2, 0.25) is 0 Å². The van der Waals surface area contributed by atoms with E-state index >= 15 is 0 Å². The van der Waals surface area contributed by atoms with Crippen LogP contribution in [0.1, 0.15) is 17.5 Å². The summed E-state index contributed by atoms with van der Waals surface area (Å²) in [6, 6.07) is 17.2. The molecule has 0 aromatic heterocycles. The smallest absolute Gasteiger partial charge is 0.0717 e. The summed E-state index contributed by atoms with van der Waals surface area (Å²) in [7, 11) is 0. The van der Waals surface area contributed by atoms with Crippen LogP contribution in [0.25, 0.3) is 11.1 Å². The third-order valence-electron chi connectivity index (χ3n) is 3.36. The molecule has 0 fully saturated rings. The maximum absolute atomic E-state index is 5.57. The minimum atomic E-state index is 0.659. The van der Waals surface area contributed by atoms with Crippen LogP contribution in [-0.4, -0.2) is 6.61 Å². The molecule has 2 aromatic carbocycles. The van der Waals surface area contributed by atoms with E-state index in [0.29, 0.717) is 6.61 Å². The van der Waals surface area contributed by atoms with Crippen molar-refractivity contribution in [2.24, 2.45) is 0 Å². The van der Waals surface area contributed by atoms with E-state index in [0.717, 1.165) is 19.4 Å². The molecule has 1 heteroatoms. The second-order valence-corrected chi connectivity index (χ2v) is 5.02. The lowest BCUT2D eigenvalue weighted by molar-refractivity contribution is 0.125. The van der Waals surface area contributed by atoms with Gasteiger partial charge in [0.15, 0.2) is 0 Å². The summed E-state index contributed by atoms with van der Waals surface area (Å²) in [4.78, 5) is 0. The van der Waals surface area contributed by atoms with Gasteiger partial charge in [0.1, 0.15) is 0 Å². The fraction of sp³-hybridized carbons (Fsp3) is 0.200. The van der Waals surface area contributed by atoms with Crippen LogP contribution < -0.4 is 0 Å². The van der Waals surface area contributed by atoms with Crippen molar-refractivity contribution in [3.63, 3.8) is 0 Å². The zero-order valence-electron chi connectivity index (χ0n) is 12.4. The largest absolute Gasteiger partial charge is 0.376 e. The van der Waals surface area contributed by atoms with Gasteiger partial charge in [-0.1, -0.05) is 60.7 Å². The third kappa shape index (κ3) is 4.73. The summed E-state index contributed by atoms with van der Waals surface area (Å²) in [5, 5.41) is 0. The Morgan fingerprint density at radius 1 is 0.762 bits per heavy atom. The predicted octanol–water partition coefficient (Wildman–Crippen LogP) is 5.17. The molecule has 0 bridgehead atoms. The van der Waals surface area contributed by atoms with Gasteiger partial charge in [0.05, 0.1) is 13.2 Å². The lowest BCUT2D eigenvalue weighted by atomic mass is 10.0. The van der Waals surface area contributed by atoms with Gasteiger partial charge < -0.3 is 4.74 Å². The molecule has 0 atom stereocenters. The summed E-state index contributed by atoms with van der Waals surface area (Å²) in [5.41, 5.74) is 4.96. The zero-order chi connectivity index (χ0) is 14.9. The van der Waals surface area contributed by atoms with Crippen molar-refractivity contribution in [3.8, 4) is 11.1 Å². The number of rotatable bonds is 8. The molecule has 0 aliphatic heterocycles. The van der Waals surface area contributed by atoms with Gasteiger partial charge >= 0.3 is 0 Å². The van der Waals surface area contributed by atoms with Crippen molar-refractivity contribution in [1.29, 1.82) is 0 Å². The number of hydrogen-bond acceptors (Lipinski definition) is 1. The minimum Gasteiger partial charge on any atom is -0.376 e. The Hall–Kier alpha value is -2.12. The molecule has 0 aliphatic carbocycles. The van der Waals surface area contributed by atoms with Gasteiger partial charge in [0, 0.05) is 0 Å². The standard InChI is InChI=1S/C20H22O/c1-3-5-15-21-16-18-9-13-20(14-10-18)19-11-7-17(6-4-2)8-12-19/h3-4,7-14H,1-2,5-6,15-16H2. The van der Waals surface area contributed by atoms with E-state index in [9.17, 15) is 0 Å². The van der Waals surface area contributed by atoms with Crippen LogP contribution in [0.2, 0.25) is 0 Å². The summed E-state index contributed by atoms with van der Waals surface area (Å²) in [5.74, 6) is 0. The highest BCUT2D eigenvalue weighted by molar-refractivity contribution is 5.64. The maximum Gasteiger partial charge on any atom is 0.0717 e. The van der Waals surface area contributed by atoms with Crippen molar-refractivity contribution in [1.82, 2.24) is 0 Å². The molecule has 0 spiro atoms. The van der Waals surface area contributed by atoms with Gasteiger partial charge in [-0.05, 0) is 35.1 Å². The molecule has 0 saturated carbocycles. The average Bonchev–Trinajstić information content (AvgIpc) is 2.53.